The molecule has 0 N–H and O–H groups in total. The Morgan fingerprint density at radius 1 is 1.29 bits per heavy atom. The number of aliphatic imine (C=N–C) groups is 1. The van der Waals surface area contributed by atoms with E-state index in [0.717, 1.165) is 32.5 Å². The molecule has 0 amide bonds. The molecule has 1 aromatic rings. The second kappa shape index (κ2) is 7.44. The van der Waals surface area contributed by atoms with Crippen LogP contribution in [0.5, 0.6) is 0 Å². The first-order valence-electron chi connectivity index (χ1n) is 8.29. The monoisotopic (exact) mass is 284 g/mol. The number of hydrogen-bond donors (Lipinski definition) is 0. The van der Waals surface area contributed by atoms with E-state index in [2.05, 4.69) is 56.9 Å². The smallest absolute Gasteiger partial charge is 0.126 e. The molecule has 2 heteroatoms. The molecule has 0 saturated heterocycles. The van der Waals surface area contributed by atoms with Crippen LogP contribution in [0.1, 0.15) is 50.3 Å². The molecule has 21 heavy (non-hydrogen) atoms. The molecule has 1 aromatic carbocycles. The summed E-state index contributed by atoms with van der Waals surface area (Å²) >= 11 is 0. The summed E-state index contributed by atoms with van der Waals surface area (Å²) in [6, 6.07) is 6.78. The minimum Gasteiger partial charge on any atom is -0.357 e. The highest BCUT2D eigenvalue weighted by atomic mass is 15.2. The fourth-order valence-electron chi connectivity index (χ4n) is 2.95. The molecule has 0 unspecified atom stereocenters. The molecule has 0 aliphatic carbocycles. The van der Waals surface area contributed by atoms with Crippen molar-refractivity contribution >= 4 is 11.9 Å². The number of benzene rings is 1. The molecule has 0 fully saturated rings. The van der Waals surface area contributed by atoms with E-state index in [0.29, 0.717) is 0 Å². The molecule has 0 radical (unpaired) electrons. The van der Waals surface area contributed by atoms with Crippen molar-refractivity contribution in [2.24, 2.45) is 4.99 Å². The maximum atomic E-state index is 4.78. The van der Waals surface area contributed by atoms with Gasteiger partial charge in [0.25, 0.3) is 0 Å². The number of nitrogens with zero attached hydrogens (tertiary/aromatic N) is 2. The van der Waals surface area contributed by atoms with Crippen LogP contribution in [-0.4, -0.2) is 30.4 Å². The van der Waals surface area contributed by atoms with Crippen molar-refractivity contribution in [1.29, 1.82) is 0 Å². The first-order valence-corrected chi connectivity index (χ1v) is 8.29. The van der Waals surface area contributed by atoms with E-state index in [1.54, 1.807) is 0 Å². The molecule has 2 nitrogen and oxygen atoms in total. The van der Waals surface area contributed by atoms with Gasteiger partial charge in [-0.3, -0.25) is 4.99 Å². The lowest BCUT2D eigenvalue weighted by atomic mass is 10.00. The fraction of sp³-hybridized carbons (Fsp3) is 0.526. The average molecular weight is 284 g/mol. The predicted octanol–water partition coefficient (Wildman–Crippen LogP) is 4.47. The van der Waals surface area contributed by atoms with Gasteiger partial charge in [0.05, 0.1) is 0 Å². The predicted molar refractivity (Wildman–Crippen MR) is 93.0 cm³/mol. The number of amidine groups is 1. The van der Waals surface area contributed by atoms with Crippen LogP contribution in [0.15, 0.2) is 28.8 Å². The van der Waals surface area contributed by atoms with Gasteiger partial charge in [0.15, 0.2) is 0 Å². The Morgan fingerprint density at radius 2 is 2.10 bits per heavy atom. The highest BCUT2D eigenvalue weighted by Crippen LogP contribution is 2.19. The van der Waals surface area contributed by atoms with Crippen LogP contribution in [0.2, 0.25) is 0 Å². The molecule has 0 aromatic heterocycles. The number of likely N-dealkylation sites (N-methyl/N-ethyl adjacent to an activating group) is 1. The summed E-state index contributed by atoms with van der Waals surface area (Å²) in [6.45, 7) is 12.0. The van der Waals surface area contributed by atoms with E-state index in [9.17, 15) is 0 Å². The molecule has 1 aliphatic rings. The van der Waals surface area contributed by atoms with Gasteiger partial charge in [-0.05, 0) is 61.4 Å². The van der Waals surface area contributed by atoms with E-state index in [4.69, 9.17) is 4.99 Å². The van der Waals surface area contributed by atoms with Crippen LogP contribution < -0.4 is 0 Å². The Labute approximate surface area is 129 Å². The molecule has 0 bridgehead atoms. The van der Waals surface area contributed by atoms with Crippen LogP contribution in [0, 0.1) is 6.92 Å². The van der Waals surface area contributed by atoms with E-state index in [1.165, 1.54) is 34.5 Å². The fourth-order valence-corrected chi connectivity index (χ4v) is 2.95. The van der Waals surface area contributed by atoms with Crippen molar-refractivity contribution in [3.8, 4) is 0 Å². The normalized spacial score (nSPS) is 16.1. The minimum atomic E-state index is 0.970. The molecule has 0 atom stereocenters. The lowest BCUT2D eigenvalue weighted by molar-refractivity contribution is 0.413. The zero-order valence-electron chi connectivity index (χ0n) is 13.9. The third-order valence-electron chi connectivity index (χ3n) is 4.29. The van der Waals surface area contributed by atoms with Crippen molar-refractivity contribution in [2.45, 2.75) is 47.0 Å². The third kappa shape index (κ3) is 3.75. The Morgan fingerprint density at radius 3 is 2.76 bits per heavy atom. The summed E-state index contributed by atoms with van der Waals surface area (Å²) in [5.41, 5.74) is 5.50. The van der Waals surface area contributed by atoms with E-state index >= 15 is 0 Å². The summed E-state index contributed by atoms with van der Waals surface area (Å²) in [6.07, 6.45) is 5.63. The van der Waals surface area contributed by atoms with Gasteiger partial charge in [-0.25, -0.2) is 0 Å². The standard InChI is InChI=1S/C19H28N2/c1-5-17-13-16(10-9-15(17)4)14-18(6-2)19-20-11-8-12-21(19)7-3/h9-10,13-14H,5-8,11-12H2,1-4H3/b18-14+. The van der Waals surface area contributed by atoms with E-state index in [1.807, 2.05) is 0 Å². The van der Waals surface area contributed by atoms with Gasteiger partial charge >= 0.3 is 0 Å². The summed E-state index contributed by atoms with van der Waals surface area (Å²) in [7, 11) is 0. The summed E-state index contributed by atoms with van der Waals surface area (Å²) in [4.78, 5) is 7.19. The van der Waals surface area contributed by atoms with E-state index in [-0.39, 0.29) is 0 Å². The largest absolute Gasteiger partial charge is 0.357 e. The Balaban J connectivity index is 2.34. The van der Waals surface area contributed by atoms with Gasteiger partial charge in [0, 0.05) is 19.6 Å². The molecule has 0 saturated carbocycles. The van der Waals surface area contributed by atoms with Crippen molar-refractivity contribution in [3.05, 3.63) is 40.5 Å². The SMILES string of the molecule is CC/C(=C\c1ccc(C)c(CC)c1)C1=NCCCN1CC. The Hall–Kier alpha value is -1.57. The van der Waals surface area contributed by atoms with Gasteiger partial charge in [-0.2, -0.15) is 0 Å². The molecule has 1 aliphatic heterocycles. The van der Waals surface area contributed by atoms with Crippen LogP contribution >= 0.6 is 0 Å². The topological polar surface area (TPSA) is 15.6 Å². The zero-order valence-corrected chi connectivity index (χ0v) is 13.9. The van der Waals surface area contributed by atoms with Crippen molar-refractivity contribution in [3.63, 3.8) is 0 Å². The van der Waals surface area contributed by atoms with Gasteiger partial charge in [0.2, 0.25) is 0 Å². The lowest BCUT2D eigenvalue weighted by Gasteiger charge is -2.29. The second-order valence-corrected chi connectivity index (χ2v) is 5.70. The lowest BCUT2D eigenvalue weighted by Crippen LogP contribution is -2.36. The maximum Gasteiger partial charge on any atom is 0.126 e. The van der Waals surface area contributed by atoms with Crippen molar-refractivity contribution in [2.75, 3.05) is 19.6 Å². The first-order chi connectivity index (χ1) is 10.2. The molecule has 1 heterocycles. The summed E-state index contributed by atoms with van der Waals surface area (Å²) in [5.74, 6) is 1.21. The third-order valence-corrected chi connectivity index (χ3v) is 4.29. The highest BCUT2D eigenvalue weighted by molar-refractivity contribution is 6.02. The molecule has 114 valence electrons. The Kier molecular flexibility index (Phi) is 5.60. The average Bonchev–Trinajstić information content (AvgIpc) is 2.54. The number of hydrogen-bond acceptors (Lipinski definition) is 2. The zero-order chi connectivity index (χ0) is 15.2. The molecular weight excluding hydrogens is 256 g/mol. The van der Waals surface area contributed by atoms with Gasteiger partial charge in [-0.15, -0.1) is 0 Å². The Bertz CT molecular complexity index is 540. The quantitative estimate of drug-likeness (QED) is 0.778. The first kappa shape index (κ1) is 15.8. The van der Waals surface area contributed by atoms with Crippen LogP contribution in [0.3, 0.4) is 0 Å². The number of aryl methyl sites for hydroxylation is 2. The summed E-state index contributed by atoms with van der Waals surface area (Å²) < 4.78 is 0. The maximum absolute atomic E-state index is 4.78. The van der Waals surface area contributed by atoms with Gasteiger partial charge in [0.1, 0.15) is 5.84 Å². The molecule has 0 spiro atoms. The highest BCUT2D eigenvalue weighted by Gasteiger charge is 2.16. The van der Waals surface area contributed by atoms with Crippen molar-refractivity contribution in [1.82, 2.24) is 4.90 Å². The summed E-state index contributed by atoms with van der Waals surface area (Å²) in [5, 5.41) is 0. The molecule has 2 rings (SSSR count). The second-order valence-electron chi connectivity index (χ2n) is 5.70. The van der Waals surface area contributed by atoms with Crippen LogP contribution in [0.25, 0.3) is 6.08 Å². The van der Waals surface area contributed by atoms with Gasteiger partial charge < -0.3 is 4.90 Å². The van der Waals surface area contributed by atoms with Crippen LogP contribution in [0.4, 0.5) is 0 Å². The van der Waals surface area contributed by atoms with Crippen LogP contribution in [-0.2, 0) is 6.42 Å². The van der Waals surface area contributed by atoms with Gasteiger partial charge in [-0.1, -0.05) is 32.0 Å². The van der Waals surface area contributed by atoms with Crippen molar-refractivity contribution < 1.29 is 0 Å². The number of rotatable bonds is 5. The minimum absolute atomic E-state index is 0.970. The van der Waals surface area contributed by atoms with E-state index < -0.39 is 0 Å². The molecular formula is C19H28N2.